The van der Waals surface area contributed by atoms with Crippen LogP contribution >= 0.6 is 0 Å². The van der Waals surface area contributed by atoms with Crippen LogP contribution in [0.1, 0.15) is 41.6 Å². The first-order chi connectivity index (χ1) is 13.6. The van der Waals surface area contributed by atoms with E-state index in [4.69, 9.17) is 9.47 Å². The summed E-state index contributed by atoms with van der Waals surface area (Å²) in [6.07, 6.45) is 3.85. The highest BCUT2D eigenvalue weighted by Gasteiger charge is 2.16. The predicted octanol–water partition coefficient (Wildman–Crippen LogP) is 3.90. The lowest BCUT2D eigenvalue weighted by Gasteiger charge is -2.23. The van der Waals surface area contributed by atoms with Gasteiger partial charge in [-0.05, 0) is 49.4 Å². The highest BCUT2D eigenvalue weighted by Crippen LogP contribution is 2.25. The maximum atomic E-state index is 12.4. The van der Waals surface area contributed by atoms with E-state index < -0.39 is 5.97 Å². The third-order valence-electron chi connectivity index (χ3n) is 4.73. The summed E-state index contributed by atoms with van der Waals surface area (Å²) in [5, 5.41) is 12.1. The second-order valence-corrected chi connectivity index (χ2v) is 6.81. The van der Waals surface area contributed by atoms with Crippen LogP contribution in [0, 0.1) is 0 Å². The normalized spacial score (nSPS) is 16.4. The third kappa shape index (κ3) is 5.57. The number of anilines is 1. The summed E-state index contributed by atoms with van der Waals surface area (Å²) in [7, 11) is 0. The molecule has 6 nitrogen and oxygen atoms in total. The molecule has 1 amide bonds. The molecule has 0 bridgehead atoms. The largest absolute Gasteiger partial charge is 0.489 e. The van der Waals surface area contributed by atoms with Crippen molar-refractivity contribution in [2.45, 2.75) is 38.2 Å². The van der Waals surface area contributed by atoms with Crippen LogP contribution in [0.3, 0.4) is 0 Å². The van der Waals surface area contributed by atoms with Gasteiger partial charge in [0, 0.05) is 13.0 Å². The fraction of sp³-hybridized carbons (Fsp3) is 0.364. The van der Waals surface area contributed by atoms with Crippen molar-refractivity contribution < 1.29 is 24.2 Å². The van der Waals surface area contributed by atoms with Gasteiger partial charge in [-0.2, -0.15) is 0 Å². The topological polar surface area (TPSA) is 84.9 Å². The summed E-state index contributed by atoms with van der Waals surface area (Å²) in [4.78, 5) is 23.7. The van der Waals surface area contributed by atoms with Gasteiger partial charge in [0.25, 0.3) is 0 Å². The molecule has 1 saturated heterocycles. The molecule has 1 aliphatic rings. The Labute approximate surface area is 164 Å². The van der Waals surface area contributed by atoms with Crippen molar-refractivity contribution in [2.24, 2.45) is 0 Å². The monoisotopic (exact) mass is 383 g/mol. The Hall–Kier alpha value is -2.86. The van der Waals surface area contributed by atoms with E-state index in [-0.39, 0.29) is 24.0 Å². The Morgan fingerprint density at radius 2 is 1.89 bits per heavy atom. The molecule has 1 unspecified atom stereocenters. The zero-order valence-corrected chi connectivity index (χ0v) is 15.7. The van der Waals surface area contributed by atoms with Crippen LogP contribution in [0.4, 0.5) is 5.69 Å². The van der Waals surface area contributed by atoms with Crippen molar-refractivity contribution in [1.82, 2.24) is 0 Å². The molecule has 2 aromatic rings. The van der Waals surface area contributed by atoms with Crippen LogP contribution in [0.15, 0.2) is 48.5 Å². The number of rotatable bonds is 8. The lowest BCUT2D eigenvalue weighted by molar-refractivity contribution is -0.116. The standard InChI is InChI=1S/C22H25NO5/c24-21(13-12-16-7-1-2-9-18(16)22(25)26)23-19-10-3-4-11-20(19)28-15-17-8-5-6-14-27-17/h1-4,7,9-11,17H,5-6,8,12-15H2,(H,23,24)(H,25,26). The smallest absolute Gasteiger partial charge is 0.335 e. The van der Waals surface area contributed by atoms with Crippen LogP contribution < -0.4 is 10.1 Å². The molecule has 0 aliphatic carbocycles. The van der Waals surface area contributed by atoms with E-state index in [0.717, 1.165) is 25.9 Å². The second kappa shape index (κ2) is 9.90. The zero-order chi connectivity index (χ0) is 19.8. The van der Waals surface area contributed by atoms with Crippen molar-refractivity contribution in [2.75, 3.05) is 18.5 Å². The fourth-order valence-electron chi connectivity index (χ4n) is 3.23. The van der Waals surface area contributed by atoms with Gasteiger partial charge in [0.05, 0.1) is 17.4 Å². The number of nitrogens with one attached hydrogen (secondary N) is 1. The molecule has 6 heteroatoms. The molecule has 0 aromatic heterocycles. The van der Waals surface area contributed by atoms with E-state index in [1.807, 2.05) is 18.2 Å². The van der Waals surface area contributed by atoms with Gasteiger partial charge < -0.3 is 19.9 Å². The molecule has 1 heterocycles. The molecule has 2 aromatic carbocycles. The van der Waals surface area contributed by atoms with Crippen LogP contribution in [-0.2, 0) is 16.0 Å². The van der Waals surface area contributed by atoms with Crippen LogP contribution in [0.5, 0.6) is 5.75 Å². The molecule has 1 aliphatic heterocycles. The summed E-state index contributed by atoms with van der Waals surface area (Å²) in [5.41, 5.74) is 1.48. The summed E-state index contributed by atoms with van der Waals surface area (Å²) in [6.45, 7) is 1.23. The number of ether oxygens (including phenoxy) is 2. The van der Waals surface area contributed by atoms with Crippen molar-refractivity contribution in [3.63, 3.8) is 0 Å². The van der Waals surface area contributed by atoms with Crippen LogP contribution in [-0.4, -0.2) is 36.3 Å². The first kappa shape index (κ1) is 19.9. The number of carboxylic acid groups (broad SMARTS) is 1. The van der Waals surface area contributed by atoms with E-state index in [2.05, 4.69) is 5.32 Å². The highest BCUT2D eigenvalue weighted by atomic mass is 16.5. The number of hydrogen-bond donors (Lipinski definition) is 2. The van der Waals surface area contributed by atoms with E-state index in [9.17, 15) is 14.7 Å². The van der Waals surface area contributed by atoms with E-state index in [0.29, 0.717) is 30.0 Å². The van der Waals surface area contributed by atoms with Crippen molar-refractivity contribution >= 4 is 17.6 Å². The molecule has 28 heavy (non-hydrogen) atoms. The highest BCUT2D eigenvalue weighted by molar-refractivity contribution is 5.93. The minimum absolute atomic E-state index is 0.0880. The average Bonchev–Trinajstić information content (AvgIpc) is 2.72. The second-order valence-electron chi connectivity index (χ2n) is 6.81. The number of benzene rings is 2. The van der Waals surface area contributed by atoms with Gasteiger partial charge in [-0.15, -0.1) is 0 Å². The van der Waals surface area contributed by atoms with E-state index >= 15 is 0 Å². The van der Waals surface area contributed by atoms with Gasteiger partial charge in [-0.25, -0.2) is 4.79 Å². The molecule has 0 spiro atoms. The molecule has 1 atom stereocenters. The summed E-state index contributed by atoms with van der Waals surface area (Å²) in [5.74, 6) is -0.569. The first-order valence-corrected chi connectivity index (χ1v) is 9.58. The molecular formula is C22H25NO5. The molecule has 0 radical (unpaired) electrons. The first-order valence-electron chi connectivity index (χ1n) is 9.58. The van der Waals surface area contributed by atoms with E-state index in [1.54, 1.807) is 30.3 Å². The molecule has 1 fully saturated rings. The van der Waals surface area contributed by atoms with Crippen molar-refractivity contribution in [3.8, 4) is 5.75 Å². The van der Waals surface area contributed by atoms with Crippen molar-refractivity contribution in [3.05, 3.63) is 59.7 Å². The molecule has 2 N–H and O–H groups in total. The fourth-order valence-corrected chi connectivity index (χ4v) is 3.23. The third-order valence-corrected chi connectivity index (χ3v) is 4.73. The number of amides is 1. The summed E-state index contributed by atoms with van der Waals surface area (Å²) in [6, 6.07) is 14.0. The molecule has 148 valence electrons. The maximum absolute atomic E-state index is 12.4. The van der Waals surface area contributed by atoms with Gasteiger partial charge >= 0.3 is 5.97 Å². The number of carboxylic acids is 1. The molecule has 3 rings (SSSR count). The van der Waals surface area contributed by atoms with Gasteiger partial charge in [-0.1, -0.05) is 30.3 Å². The van der Waals surface area contributed by atoms with E-state index in [1.165, 1.54) is 0 Å². The van der Waals surface area contributed by atoms with Gasteiger partial charge in [0.15, 0.2) is 0 Å². The zero-order valence-electron chi connectivity index (χ0n) is 15.7. The Kier molecular flexibility index (Phi) is 7.03. The number of aromatic carboxylic acids is 1. The number of hydrogen-bond acceptors (Lipinski definition) is 4. The SMILES string of the molecule is O=C(CCc1ccccc1C(=O)O)Nc1ccccc1OCC1CCCCO1. The minimum atomic E-state index is -0.986. The van der Waals surface area contributed by atoms with Gasteiger partial charge in [0.1, 0.15) is 12.4 Å². The minimum Gasteiger partial charge on any atom is -0.489 e. The summed E-state index contributed by atoms with van der Waals surface area (Å²) < 4.78 is 11.6. The number of aryl methyl sites for hydroxylation is 1. The lowest BCUT2D eigenvalue weighted by Crippen LogP contribution is -2.26. The number of para-hydroxylation sites is 2. The maximum Gasteiger partial charge on any atom is 0.335 e. The van der Waals surface area contributed by atoms with Gasteiger partial charge in [0.2, 0.25) is 5.91 Å². The summed E-state index contributed by atoms with van der Waals surface area (Å²) >= 11 is 0. The van der Waals surface area contributed by atoms with Crippen molar-refractivity contribution in [1.29, 1.82) is 0 Å². The van der Waals surface area contributed by atoms with Crippen LogP contribution in [0.2, 0.25) is 0 Å². The van der Waals surface area contributed by atoms with Gasteiger partial charge in [-0.3, -0.25) is 4.79 Å². The quantitative estimate of drug-likeness (QED) is 0.722. The Morgan fingerprint density at radius 3 is 2.68 bits per heavy atom. The average molecular weight is 383 g/mol. The molecular weight excluding hydrogens is 358 g/mol. The number of carbonyl (C=O) groups is 2. The predicted molar refractivity (Wildman–Crippen MR) is 106 cm³/mol. The Bertz CT molecular complexity index is 814. The lowest BCUT2D eigenvalue weighted by atomic mass is 10.0. The molecule has 0 saturated carbocycles. The van der Waals surface area contributed by atoms with Crippen LogP contribution in [0.25, 0.3) is 0 Å². The Morgan fingerprint density at radius 1 is 1.11 bits per heavy atom. The Balaban J connectivity index is 1.56. The number of carbonyl (C=O) groups excluding carboxylic acids is 1.